The van der Waals surface area contributed by atoms with Crippen LogP contribution in [-0.4, -0.2) is 36.8 Å². The highest BCUT2D eigenvalue weighted by Gasteiger charge is 2.34. The smallest absolute Gasteiger partial charge is 0.191 e. The molecule has 1 aliphatic heterocycles. The zero-order chi connectivity index (χ0) is 20.0. The van der Waals surface area contributed by atoms with Crippen LogP contribution < -0.4 is 10.6 Å². The van der Waals surface area contributed by atoms with E-state index in [0.29, 0.717) is 16.7 Å². The van der Waals surface area contributed by atoms with E-state index in [9.17, 15) is 0 Å². The maximum atomic E-state index is 6.16. The Kier molecular flexibility index (Phi) is 9.59. The van der Waals surface area contributed by atoms with Crippen molar-refractivity contribution in [3.8, 4) is 0 Å². The number of aromatic nitrogens is 1. The highest BCUT2D eigenvalue weighted by atomic mass is 127. The molecule has 0 atom stereocenters. The molecule has 1 saturated heterocycles. The second-order valence-corrected chi connectivity index (χ2v) is 7.91. The van der Waals surface area contributed by atoms with Crippen LogP contribution >= 0.6 is 47.2 Å². The number of rotatable bonds is 6. The van der Waals surface area contributed by atoms with Crippen molar-refractivity contribution >= 4 is 53.1 Å². The molecule has 0 amide bonds. The molecule has 1 aliphatic rings. The first-order valence-corrected chi connectivity index (χ1v) is 10.5. The fourth-order valence-electron chi connectivity index (χ4n) is 3.62. The van der Waals surface area contributed by atoms with E-state index in [-0.39, 0.29) is 29.4 Å². The molecule has 0 spiro atoms. The van der Waals surface area contributed by atoms with Crippen LogP contribution in [0.4, 0.5) is 0 Å². The molecule has 0 aliphatic carbocycles. The summed E-state index contributed by atoms with van der Waals surface area (Å²) < 4.78 is 7.49. The molecule has 29 heavy (non-hydrogen) atoms. The summed E-state index contributed by atoms with van der Waals surface area (Å²) in [5, 5.41) is 7.97. The number of aliphatic imine (C=N–C) groups is 1. The van der Waals surface area contributed by atoms with Crippen LogP contribution in [0.15, 0.2) is 41.4 Å². The lowest BCUT2D eigenvalue weighted by Crippen LogP contribution is -2.48. The van der Waals surface area contributed by atoms with Crippen LogP contribution in [0.3, 0.4) is 0 Å². The van der Waals surface area contributed by atoms with Crippen molar-refractivity contribution in [1.82, 2.24) is 15.2 Å². The summed E-state index contributed by atoms with van der Waals surface area (Å²) in [4.78, 5) is 4.73. The lowest BCUT2D eigenvalue weighted by molar-refractivity contribution is 0.0514. The van der Waals surface area contributed by atoms with Gasteiger partial charge in [0.15, 0.2) is 5.96 Å². The Bertz CT molecular complexity index is 805. The monoisotopic (exact) mass is 550 g/mol. The van der Waals surface area contributed by atoms with Gasteiger partial charge in [0.05, 0.1) is 11.6 Å². The average molecular weight is 551 g/mol. The third-order valence-corrected chi connectivity index (χ3v) is 6.23. The molecular weight excluding hydrogens is 522 g/mol. The van der Waals surface area contributed by atoms with Crippen LogP contribution in [0.5, 0.6) is 0 Å². The minimum atomic E-state index is 0. The van der Waals surface area contributed by atoms with Crippen molar-refractivity contribution in [2.75, 3.05) is 26.3 Å². The first-order valence-electron chi connectivity index (χ1n) is 9.71. The molecule has 1 fully saturated rings. The summed E-state index contributed by atoms with van der Waals surface area (Å²) in [5.74, 6) is 0.790. The second kappa shape index (κ2) is 11.4. The Morgan fingerprint density at radius 1 is 1.17 bits per heavy atom. The number of hydrogen-bond acceptors (Lipinski definition) is 2. The van der Waals surface area contributed by atoms with Gasteiger partial charge in [-0.15, -0.1) is 24.0 Å². The predicted molar refractivity (Wildman–Crippen MR) is 132 cm³/mol. The van der Waals surface area contributed by atoms with E-state index in [0.717, 1.165) is 50.8 Å². The van der Waals surface area contributed by atoms with E-state index in [1.165, 1.54) is 5.56 Å². The molecule has 0 radical (unpaired) electrons. The fraction of sp³-hybridized carbons (Fsp3) is 0.476. The van der Waals surface area contributed by atoms with Gasteiger partial charge in [0.2, 0.25) is 0 Å². The number of nitrogens with one attached hydrogen (secondary N) is 2. The van der Waals surface area contributed by atoms with Gasteiger partial charge in [0, 0.05) is 44.5 Å². The molecule has 0 unspecified atom stereocenters. The van der Waals surface area contributed by atoms with Crippen molar-refractivity contribution in [2.45, 2.75) is 31.7 Å². The molecular formula is C21H29Cl2IN4O. The van der Waals surface area contributed by atoms with E-state index in [1.54, 1.807) is 0 Å². The number of halogens is 3. The van der Waals surface area contributed by atoms with Crippen LogP contribution in [-0.2, 0) is 23.7 Å². The number of benzene rings is 1. The molecule has 3 rings (SSSR count). The minimum Gasteiger partial charge on any atom is -0.381 e. The first kappa shape index (κ1) is 24.3. The van der Waals surface area contributed by atoms with Gasteiger partial charge in [0.1, 0.15) is 5.15 Å². The molecule has 5 nitrogen and oxygen atoms in total. The molecule has 2 aromatic rings. The highest BCUT2D eigenvalue weighted by Crippen LogP contribution is 2.34. The number of ether oxygens (including phenoxy) is 1. The van der Waals surface area contributed by atoms with Crippen LogP contribution in [0.25, 0.3) is 0 Å². The van der Waals surface area contributed by atoms with Crippen molar-refractivity contribution in [1.29, 1.82) is 0 Å². The molecule has 1 aromatic heterocycles. The SMILES string of the molecule is CCNC(=NCc1cc(Cl)c(Cl)n1C)NCC1(c2ccccc2)CCOCC1.I. The van der Waals surface area contributed by atoms with Crippen molar-refractivity contribution in [3.05, 3.63) is 57.8 Å². The van der Waals surface area contributed by atoms with Gasteiger partial charge in [-0.25, -0.2) is 4.99 Å². The molecule has 1 aromatic carbocycles. The van der Waals surface area contributed by atoms with E-state index >= 15 is 0 Å². The molecule has 2 N–H and O–H groups in total. The quantitative estimate of drug-likeness (QED) is 0.310. The maximum Gasteiger partial charge on any atom is 0.191 e. The summed E-state index contributed by atoms with van der Waals surface area (Å²) in [6.45, 7) is 5.73. The van der Waals surface area contributed by atoms with Gasteiger partial charge >= 0.3 is 0 Å². The summed E-state index contributed by atoms with van der Waals surface area (Å²) in [6.07, 6.45) is 1.99. The van der Waals surface area contributed by atoms with Crippen molar-refractivity contribution < 1.29 is 4.74 Å². The molecule has 2 heterocycles. The maximum absolute atomic E-state index is 6.16. The lowest BCUT2D eigenvalue weighted by Gasteiger charge is -2.38. The number of nitrogens with zero attached hydrogens (tertiary/aromatic N) is 2. The van der Waals surface area contributed by atoms with E-state index in [1.807, 2.05) is 17.7 Å². The lowest BCUT2D eigenvalue weighted by atomic mass is 9.74. The number of guanidine groups is 1. The topological polar surface area (TPSA) is 50.6 Å². The van der Waals surface area contributed by atoms with Crippen LogP contribution in [0.2, 0.25) is 10.2 Å². The van der Waals surface area contributed by atoms with Crippen LogP contribution in [0, 0.1) is 0 Å². The normalized spacial score (nSPS) is 16.2. The third-order valence-electron chi connectivity index (χ3n) is 5.39. The molecule has 0 bridgehead atoms. The summed E-state index contributed by atoms with van der Waals surface area (Å²) in [5.41, 5.74) is 2.37. The van der Waals surface area contributed by atoms with Gasteiger partial charge in [-0.05, 0) is 31.4 Å². The highest BCUT2D eigenvalue weighted by molar-refractivity contribution is 14.0. The fourth-order valence-corrected chi connectivity index (χ4v) is 4.03. The predicted octanol–water partition coefficient (Wildman–Crippen LogP) is 4.75. The van der Waals surface area contributed by atoms with Crippen LogP contribution in [0.1, 0.15) is 31.0 Å². The summed E-state index contributed by atoms with van der Waals surface area (Å²) >= 11 is 12.3. The standard InChI is InChI=1S/C21H28Cl2N4O.HI/c1-3-24-20(25-14-17-13-18(22)19(23)27(17)2)26-15-21(9-11-28-12-10-21)16-7-5-4-6-8-16;/h4-8,13H,3,9-12,14-15H2,1-2H3,(H2,24,25,26);1H. The van der Waals surface area contributed by atoms with Crippen molar-refractivity contribution in [2.24, 2.45) is 12.0 Å². The molecule has 160 valence electrons. The Morgan fingerprint density at radius 2 is 1.86 bits per heavy atom. The Morgan fingerprint density at radius 3 is 2.45 bits per heavy atom. The number of hydrogen-bond donors (Lipinski definition) is 2. The second-order valence-electron chi connectivity index (χ2n) is 7.14. The van der Waals surface area contributed by atoms with Gasteiger partial charge < -0.3 is 19.9 Å². The third kappa shape index (κ3) is 6.03. The van der Waals surface area contributed by atoms with E-state index in [4.69, 9.17) is 32.9 Å². The largest absolute Gasteiger partial charge is 0.381 e. The van der Waals surface area contributed by atoms with Crippen molar-refractivity contribution in [3.63, 3.8) is 0 Å². The Labute approximate surface area is 200 Å². The molecule has 0 saturated carbocycles. The Hall–Kier alpha value is -0.960. The van der Waals surface area contributed by atoms with Gasteiger partial charge in [-0.2, -0.15) is 0 Å². The van der Waals surface area contributed by atoms with Gasteiger partial charge in [-0.3, -0.25) is 0 Å². The van der Waals surface area contributed by atoms with Gasteiger partial charge in [0.25, 0.3) is 0 Å². The zero-order valence-corrected chi connectivity index (χ0v) is 20.7. The first-order chi connectivity index (χ1) is 13.6. The zero-order valence-electron chi connectivity index (χ0n) is 16.9. The van der Waals surface area contributed by atoms with E-state index < -0.39 is 0 Å². The van der Waals surface area contributed by atoms with Gasteiger partial charge in [-0.1, -0.05) is 53.5 Å². The summed E-state index contributed by atoms with van der Waals surface area (Å²) in [7, 11) is 1.89. The summed E-state index contributed by atoms with van der Waals surface area (Å²) in [6, 6.07) is 12.6. The average Bonchev–Trinajstić information content (AvgIpc) is 2.98. The molecule has 8 heteroatoms. The minimum absolute atomic E-state index is 0. The Balaban J connectivity index is 0.00000300. The van der Waals surface area contributed by atoms with E-state index in [2.05, 4.69) is 47.9 Å².